The van der Waals surface area contributed by atoms with Crippen molar-refractivity contribution in [1.29, 1.82) is 0 Å². The van der Waals surface area contributed by atoms with E-state index in [2.05, 4.69) is 67.8 Å². The summed E-state index contributed by atoms with van der Waals surface area (Å²) in [5.41, 5.74) is 0.126. The van der Waals surface area contributed by atoms with E-state index >= 15 is 0 Å². The Balaban J connectivity index is 1.67. The maximum absolute atomic E-state index is 14.8. The van der Waals surface area contributed by atoms with Gasteiger partial charge in [-0.25, -0.2) is 13.2 Å². The number of fused-ring (bicyclic) bond motifs is 2. The summed E-state index contributed by atoms with van der Waals surface area (Å²) in [4.78, 5) is 1.02. The van der Waals surface area contributed by atoms with Gasteiger partial charge in [0, 0.05) is 45.6 Å². The van der Waals surface area contributed by atoms with E-state index in [1.807, 2.05) is 19.9 Å². The van der Waals surface area contributed by atoms with Crippen LogP contribution in [0.25, 0.3) is 0 Å². The number of benzene rings is 2. The van der Waals surface area contributed by atoms with Crippen molar-refractivity contribution in [2.24, 2.45) is 0 Å². The molecule has 2 aromatic carbocycles. The Morgan fingerprint density at radius 2 is 1.42 bits per heavy atom. The van der Waals surface area contributed by atoms with Gasteiger partial charge in [0.1, 0.15) is 0 Å². The molecule has 0 bridgehead atoms. The zero-order valence-corrected chi connectivity index (χ0v) is 32.2. The third-order valence-corrected chi connectivity index (χ3v) is 13.8. The highest BCUT2D eigenvalue weighted by atomic mass is 127. The lowest BCUT2D eigenvalue weighted by atomic mass is 9.81. The molecule has 0 spiro atoms. The zero-order valence-electron chi connectivity index (χ0n) is 24.1. The van der Waals surface area contributed by atoms with Crippen LogP contribution in [0, 0.1) is 28.2 Å². The van der Waals surface area contributed by atoms with Crippen LogP contribution in [-0.2, 0) is 31.1 Å². The maximum Gasteiger partial charge on any atom is 0.326 e. The molecule has 0 saturated carbocycles. The van der Waals surface area contributed by atoms with Crippen LogP contribution in [-0.4, -0.2) is 48.0 Å². The number of rotatable bonds is 8. The predicted molar refractivity (Wildman–Crippen MR) is 193 cm³/mol. The quantitative estimate of drug-likeness (QED) is 0.0937. The van der Waals surface area contributed by atoms with Crippen LogP contribution in [0.1, 0.15) is 38.8 Å². The number of nitrogens with zero attached hydrogens (tertiary/aromatic N) is 2. The molecule has 8 nitrogen and oxygen atoms in total. The van der Waals surface area contributed by atoms with Crippen molar-refractivity contribution < 1.29 is 43.7 Å². The Kier molecular flexibility index (Phi) is 10.5. The van der Waals surface area contributed by atoms with E-state index in [1.54, 1.807) is 35.0 Å². The lowest BCUT2D eigenvalue weighted by Gasteiger charge is -2.25. The molecular weight excluding hydrogens is 974 g/mol. The van der Waals surface area contributed by atoms with Crippen LogP contribution in [0.15, 0.2) is 60.4 Å². The smallest absolute Gasteiger partial charge is 0.326 e. The highest BCUT2D eigenvalue weighted by Crippen LogP contribution is 2.50. The largest absolute Gasteiger partial charge is 0.327 e. The van der Waals surface area contributed by atoms with Gasteiger partial charge in [-0.2, -0.15) is 21.4 Å². The van der Waals surface area contributed by atoms with E-state index in [0.717, 1.165) is 21.2 Å². The van der Waals surface area contributed by atoms with E-state index < -0.39 is 60.3 Å². The highest BCUT2D eigenvalue weighted by molar-refractivity contribution is 14.1. The standard InChI is InChI=1S/C29H26F3I3N2O6S2/c1-28(2)20(36(14-44(38,39)40)18-12-16(30)24(31)25(32)22(18)28)10-8-6-5-7-9-11-21-29(3,4)23-19(37(21)15-45(41,42)43)13-17(33)26(34)27(23)35/h5-13H,14-15H2,1-4H3,(H-,38,39,40,41,42,43)/p+1. The van der Waals surface area contributed by atoms with Crippen molar-refractivity contribution in [3.8, 4) is 0 Å². The topological polar surface area (TPSA) is 115 Å². The van der Waals surface area contributed by atoms with E-state index in [0.29, 0.717) is 17.5 Å². The Bertz CT molecular complexity index is 1990. The predicted octanol–water partition coefficient (Wildman–Crippen LogP) is 7.33. The second-order valence-corrected chi connectivity index (χ2v) is 17.5. The van der Waals surface area contributed by atoms with Crippen LogP contribution in [0.3, 0.4) is 0 Å². The molecule has 2 aliphatic heterocycles. The molecule has 2 aliphatic rings. The molecular formula is C29H27F3I3N2O6S2+. The molecule has 16 heteroatoms. The summed E-state index contributed by atoms with van der Waals surface area (Å²) in [7, 11) is -9.00. The summed E-state index contributed by atoms with van der Waals surface area (Å²) in [5, 5.41) is 0. The van der Waals surface area contributed by atoms with Gasteiger partial charge in [0.05, 0.1) is 16.7 Å². The van der Waals surface area contributed by atoms with Crippen molar-refractivity contribution in [3.05, 3.63) is 99.7 Å². The molecule has 0 radical (unpaired) electrons. The van der Waals surface area contributed by atoms with Gasteiger partial charge >= 0.3 is 10.1 Å². The summed E-state index contributed by atoms with van der Waals surface area (Å²) in [6, 6.07) is 2.59. The number of anilines is 1. The molecule has 0 aliphatic carbocycles. The number of halogens is 6. The maximum atomic E-state index is 14.8. The second-order valence-electron chi connectivity index (χ2n) is 11.4. The normalized spacial score (nSPS) is 18.8. The molecule has 0 unspecified atom stereocenters. The molecule has 2 N–H and O–H groups in total. The summed E-state index contributed by atoms with van der Waals surface area (Å²) in [6.45, 7) is 6.98. The van der Waals surface area contributed by atoms with Gasteiger partial charge in [-0.3, -0.25) is 9.11 Å². The molecule has 0 fully saturated rings. The first-order valence-corrected chi connectivity index (χ1v) is 19.5. The Labute approximate surface area is 300 Å². The fraction of sp³-hybridized carbons (Fsp3) is 0.276. The Hall–Kier alpha value is -1.33. The van der Waals surface area contributed by atoms with Crippen molar-refractivity contribution in [2.45, 2.75) is 38.5 Å². The van der Waals surface area contributed by atoms with Crippen LogP contribution in [0.2, 0.25) is 0 Å². The monoisotopic (exact) mass is 1000 g/mol. The summed E-state index contributed by atoms with van der Waals surface area (Å²) >= 11 is 6.68. The molecule has 0 saturated heterocycles. The van der Waals surface area contributed by atoms with Gasteiger partial charge in [0.15, 0.2) is 29.0 Å². The van der Waals surface area contributed by atoms with Crippen LogP contribution in [0.4, 0.5) is 24.5 Å². The van der Waals surface area contributed by atoms with Crippen molar-refractivity contribution in [1.82, 2.24) is 0 Å². The third kappa shape index (κ3) is 7.25. The van der Waals surface area contributed by atoms with E-state index in [-0.39, 0.29) is 16.9 Å². The average Bonchev–Trinajstić information content (AvgIpc) is 3.21. The van der Waals surface area contributed by atoms with Crippen LogP contribution >= 0.6 is 67.8 Å². The molecule has 4 rings (SSSR count). The van der Waals surface area contributed by atoms with Gasteiger partial charge in [-0.05, 0) is 87.7 Å². The summed E-state index contributed by atoms with van der Waals surface area (Å²) in [5.74, 6) is -6.24. The highest BCUT2D eigenvalue weighted by Gasteiger charge is 2.48. The van der Waals surface area contributed by atoms with Gasteiger partial charge < -0.3 is 4.90 Å². The molecule has 0 amide bonds. The van der Waals surface area contributed by atoms with Gasteiger partial charge in [0.25, 0.3) is 16.0 Å². The van der Waals surface area contributed by atoms with Gasteiger partial charge in [0.2, 0.25) is 5.69 Å². The third-order valence-electron chi connectivity index (χ3n) is 7.51. The Morgan fingerprint density at radius 3 is 2.02 bits per heavy atom. The van der Waals surface area contributed by atoms with Crippen LogP contribution < -0.4 is 4.90 Å². The second kappa shape index (κ2) is 12.9. The lowest BCUT2D eigenvalue weighted by molar-refractivity contribution is -0.416. The number of hydrogen-bond acceptors (Lipinski definition) is 5. The minimum atomic E-state index is -4.63. The average molecular weight is 1000 g/mol. The molecule has 45 heavy (non-hydrogen) atoms. The van der Waals surface area contributed by atoms with Crippen molar-refractivity contribution in [2.75, 3.05) is 16.7 Å². The molecule has 2 aromatic rings. The molecule has 0 aromatic heterocycles. The van der Waals surface area contributed by atoms with Gasteiger partial charge in [-0.1, -0.05) is 44.2 Å². The first-order chi connectivity index (χ1) is 20.6. The molecule has 242 valence electrons. The summed E-state index contributed by atoms with van der Waals surface area (Å²) < 4.78 is 114. The fourth-order valence-electron chi connectivity index (χ4n) is 5.66. The first kappa shape index (κ1) is 36.5. The minimum Gasteiger partial charge on any atom is -0.327 e. The van der Waals surface area contributed by atoms with Crippen molar-refractivity contribution >= 4 is 105 Å². The van der Waals surface area contributed by atoms with Gasteiger partial charge in [-0.15, -0.1) is 0 Å². The van der Waals surface area contributed by atoms with E-state index in [1.165, 1.54) is 26.0 Å². The fourth-order valence-corrected chi connectivity index (χ4v) is 9.61. The minimum absolute atomic E-state index is 0.181. The molecule has 2 heterocycles. The van der Waals surface area contributed by atoms with Crippen LogP contribution in [0.5, 0.6) is 0 Å². The SMILES string of the molecule is CC1(C)C(=CC=CC=CC=CC2=[N+](CS(=O)(=O)O)c3cc(I)c(I)c(I)c3C2(C)C)N(CS(=O)(=O)O)c2cc(F)c(F)c(F)c21. The van der Waals surface area contributed by atoms with E-state index in [4.69, 9.17) is 0 Å². The first-order valence-electron chi connectivity index (χ1n) is 13.0. The number of hydrogen-bond donors (Lipinski definition) is 2. The Morgan fingerprint density at radius 1 is 0.822 bits per heavy atom. The zero-order chi connectivity index (χ0) is 33.9. The lowest BCUT2D eigenvalue weighted by Crippen LogP contribution is -2.30. The van der Waals surface area contributed by atoms with Crippen molar-refractivity contribution in [3.63, 3.8) is 0 Å². The summed E-state index contributed by atoms with van der Waals surface area (Å²) in [6.07, 6.45) is 11.3. The van der Waals surface area contributed by atoms with E-state index in [9.17, 15) is 39.1 Å². The number of allylic oxidation sites excluding steroid dienone is 8. The molecule has 0 atom stereocenters.